The first-order valence-electron chi connectivity index (χ1n) is 9.65. The second kappa shape index (κ2) is 8.09. The number of carbonyl (C=O) groups excluding carboxylic acids is 1. The molecule has 2 aliphatic rings. The monoisotopic (exact) mass is 385 g/mol. The molecule has 1 amide bonds. The Labute approximate surface area is 157 Å². The van der Waals surface area contributed by atoms with Crippen LogP contribution in [0.3, 0.4) is 0 Å². The highest BCUT2D eigenvalue weighted by atomic mass is 19.4. The topological polar surface area (TPSA) is 49.8 Å². The van der Waals surface area contributed by atoms with Crippen LogP contribution in [-0.4, -0.2) is 41.0 Å². The highest BCUT2D eigenvalue weighted by molar-refractivity contribution is 5.85. The van der Waals surface area contributed by atoms with Crippen molar-refractivity contribution < 1.29 is 27.8 Å². The van der Waals surface area contributed by atoms with Crippen LogP contribution in [0.5, 0.6) is 5.75 Å². The zero-order chi connectivity index (χ0) is 19.5. The van der Waals surface area contributed by atoms with Gasteiger partial charge in [0.2, 0.25) is 5.91 Å². The lowest BCUT2D eigenvalue weighted by Gasteiger charge is -2.41. The van der Waals surface area contributed by atoms with Crippen LogP contribution in [0.25, 0.3) is 0 Å². The molecule has 150 valence electrons. The van der Waals surface area contributed by atoms with Gasteiger partial charge in [-0.1, -0.05) is 31.4 Å². The van der Waals surface area contributed by atoms with Crippen LogP contribution in [0.1, 0.15) is 62.8 Å². The third-order valence-corrected chi connectivity index (χ3v) is 5.60. The molecule has 2 fully saturated rings. The van der Waals surface area contributed by atoms with Gasteiger partial charge in [-0.25, -0.2) is 0 Å². The smallest absolute Gasteiger partial charge is 0.406 e. The zero-order valence-corrected chi connectivity index (χ0v) is 15.3. The summed E-state index contributed by atoms with van der Waals surface area (Å²) in [5.41, 5.74) is -0.847. The average molecular weight is 385 g/mol. The number of piperidine rings is 1. The van der Waals surface area contributed by atoms with Crippen molar-refractivity contribution in [1.82, 2.24) is 4.90 Å². The van der Waals surface area contributed by atoms with Gasteiger partial charge in [0.05, 0.1) is 11.5 Å². The van der Waals surface area contributed by atoms with Gasteiger partial charge in [0, 0.05) is 13.1 Å². The maximum absolute atomic E-state index is 13.3. The molecule has 1 heterocycles. The van der Waals surface area contributed by atoms with Crippen LogP contribution >= 0.6 is 0 Å². The molecule has 1 aliphatic carbocycles. The van der Waals surface area contributed by atoms with Gasteiger partial charge >= 0.3 is 6.36 Å². The highest BCUT2D eigenvalue weighted by Crippen LogP contribution is 2.42. The molecule has 0 spiro atoms. The van der Waals surface area contributed by atoms with Gasteiger partial charge < -0.3 is 14.7 Å². The predicted molar refractivity (Wildman–Crippen MR) is 94.3 cm³/mol. The first-order valence-corrected chi connectivity index (χ1v) is 9.65. The molecule has 0 bridgehead atoms. The molecule has 1 aliphatic heterocycles. The lowest BCUT2D eigenvalue weighted by Crippen LogP contribution is -2.49. The summed E-state index contributed by atoms with van der Waals surface area (Å²) < 4.78 is 41.9. The number of carbonyl (C=O) groups is 1. The van der Waals surface area contributed by atoms with Crippen molar-refractivity contribution >= 4 is 5.91 Å². The van der Waals surface area contributed by atoms with E-state index in [2.05, 4.69) is 4.74 Å². The van der Waals surface area contributed by atoms with E-state index >= 15 is 0 Å². The van der Waals surface area contributed by atoms with E-state index in [1.165, 1.54) is 18.2 Å². The molecule has 1 atom stereocenters. The number of likely N-dealkylation sites (tertiary alicyclic amines) is 1. The number of halogens is 3. The van der Waals surface area contributed by atoms with Crippen LogP contribution in [0.15, 0.2) is 24.3 Å². The van der Waals surface area contributed by atoms with Crippen molar-refractivity contribution in [1.29, 1.82) is 0 Å². The van der Waals surface area contributed by atoms with Gasteiger partial charge in [-0.3, -0.25) is 4.79 Å². The number of alkyl halides is 3. The van der Waals surface area contributed by atoms with Crippen LogP contribution in [0.4, 0.5) is 13.2 Å². The minimum absolute atomic E-state index is 0.191. The van der Waals surface area contributed by atoms with Crippen molar-refractivity contribution in [3.05, 3.63) is 29.8 Å². The normalized spacial score (nSPS) is 21.6. The van der Waals surface area contributed by atoms with Crippen molar-refractivity contribution in [3.63, 3.8) is 0 Å². The number of hydrogen-bond donors (Lipinski definition) is 1. The van der Waals surface area contributed by atoms with E-state index in [4.69, 9.17) is 0 Å². The maximum Gasteiger partial charge on any atom is 0.573 e. The number of nitrogens with zero attached hydrogens (tertiary/aromatic N) is 1. The molecular formula is C20H26F3NO3. The fourth-order valence-corrected chi connectivity index (χ4v) is 4.32. The van der Waals surface area contributed by atoms with Crippen LogP contribution in [0, 0.1) is 0 Å². The summed E-state index contributed by atoms with van der Waals surface area (Å²) >= 11 is 0. The molecule has 1 aromatic rings. The minimum Gasteiger partial charge on any atom is -0.406 e. The Balaban J connectivity index is 1.94. The quantitative estimate of drug-likeness (QED) is 0.837. The second-order valence-corrected chi connectivity index (χ2v) is 7.60. The van der Waals surface area contributed by atoms with E-state index in [1.807, 2.05) is 0 Å². The van der Waals surface area contributed by atoms with Gasteiger partial charge in [0.25, 0.3) is 0 Å². The first kappa shape index (κ1) is 20.0. The van der Waals surface area contributed by atoms with Crippen LogP contribution < -0.4 is 4.74 Å². The van der Waals surface area contributed by atoms with E-state index < -0.39 is 17.9 Å². The van der Waals surface area contributed by atoms with Gasteiger partial charge in [-0.15, -0.1) is 13.2 Å². The molecule has 7 heteroatoms. The standard InChI is InChI=1S/C20H26F3NO3/c21-20(22,23)27-16-9-7-8-15(14-16)17(19(26)10-3-1-4-11-19)18(25)24-12-5-2-6-13-24/h7-9,14,17,26H,1-6,10-13H2/t17-/m0/s1. The summed E-state index contributed by atoms with van der Waals surface area (Å²) in [6, 6.07) is 5.51. The van der Waals surface area contributed by atoms with Crippen molar-refractivity contribution in [3.8, 4) is 5.75 Å². The third-order valence-electron chi connectivity index (χ3n) is 5.60. The Bertz CT molecular complexity index is 650. The molecule has 0 unspecified atom stereocenters. The van der Waals surface area contributed by atoms with Crippen molar-refractivity contribution in [2.45, 2.75) is 69.2 Å². The number of aliphatic hydroxyl groups is 1. The molecule has 1 N–H and O–H groups in total. The maximum atomic E-state index is 13.3. The molecular weight excluding hydrogens is 359 g/mol. The van der Waals surface area contributed by atoms with E-state index in [-0.39, 0.29) is 11.7 Å². The van der Waals surface area contributed by atoms with Gasteiger partial charge in [0.1, 0.15) is 5.75 Å². The molecule has 0 radical (unpaired) electrons. The largest absolute Gasteiger partial charge is 0.573 e. The molecule has 4 nitrogen and oxygen atoms in total. The van der Waals surface area contributed by atoms with E-state index in [0.29, 0.717) is 31.5 Å². The summed E-state index contributed by atoms with van der Waals surface area (Å²) in [5, 5.41) is 11.3. The molecule has 27 heavy (non-hydrogen) atoms. The number of amides is 1. The molecule has 3 rings (SSSR count). The van der Waals surface area contributed by atoms with E-state index in [0.717, 1.165) is 38.5 Å². The van der Waals surface area contributed by atoms with Crippen LogP contribution in [-0.2, 0) is 4.79 Å². The lowest BCUT2D eigenvalue weighted by atomic mass is 9.72. The Kier molecular flexibility index (Phi) is 5.99. The van der Waals surface area contributed by atoms with Crippen molar-refractivity contribution in [2.75, 3.05) is 13.1 Å². The predicted octanol–water partition coefficient (Wildman–Crippen LogP) is 4.38. The summed E-state index contributed by atoms with van der Waals surface area (Å²) in [4.78, 5) is 15.1. The summed E-state index contributed by atoms with van der Waals surface area (Å²) in [5.74, 6) is -1.42. The molecule has 0 aromatic heterocycles. The average Bonchev–Trinajstić information content (AvgIpc) is 2.62. The van der Waals surface area contributed by atoms with Gasteiger partial charge in [-0.2, -0.15) is 0 Å². The van der Waals surface area contributed by atoms with E-state index in [9.17, 15) is 23.1 Å². The molecule has 1 saturated carbocycles. The fraction of sp³-hybridized carbons (Fsp3) is 0.650. The summed E-state index contributed by atoms with van der Waals surface area (Å²) in [6.45, 7) is 1.26. The zero-order valence-electron chi connectivity index (χ0n) is 15.3. The second-order valence-electron chi connectivity index (χ2n) is 7.60. The Morgan fingerprint density at radius 1 is 1.07 bits per heavy atom. The highest BCUT2D eigenvalue weighted by Gasteiger charge is 2.45. The molecule has 1 aromatic carbocycles. The Hall–Kier alpha value is -1.76. The SMILES string of the molecule is O=C([C@H](c1cccc(OC(F)(F)F)c1)C1(O)CCCCC1)N1CCCCC1. The van der Waals surface area contributed by atoms with Crippen LogP contribution in [0.2, 0.25) is 0 Å². The van der Waals surface area contributed by atoms with Crippen molar-refractivity contribution in [2.24, 2.45) is 0 Å². The number of hydrogen-bond acceptors (Lipinski definition) is 3. The third kappa shape index (κ3) is 4.94. The molecule has 1 saturated heterocycles. The fourth-order valence-electron chi connectivity index (χ4n) is 4.32. The minimum atomic E-state index is -4.80. The Morgan fingerprint density at radius 3 is 2.33 bits per heavy atom. The van der Waals surface area contributed by atoms with Gasteiger partial charge in [-0.05, 0) is 49.8 Å². The number of ether oxygens (including phenoxy) is 1. The van der Waals surface area contributed by atoms with Gasteiger partial charge in [0.15, 0.2) is 0 Å². The Morgan fingerprint density at radius 2 is 1.70 bits per heavy atom. The number of rotatable bonds is 4. The van der Waals surface area contributed by atoms with E-state index in [1.54, 1.807) is 11.0 Å². The lowest BCUT2D eigenvalue weighted by molar-refractivity contribution is -0.274. The first-order chi connectivity index (χ1) is 12.8. The summed E-state index contributed by atoms with van der Waals surface area (Å²) in [6.07, 6.45) is 1.63. The number of benzene rings is 1. The summed E-state index contributed by atoms with van der Waals surface area (Å²) in [7, 11) is 0.